The molecule has 1 atom stereocenters. The van der Waals surface area contributed by atoms with Gasteiger partial charge in [0.15, 0.2) is 5.78 Å². The normalized spacial score (nSPS) is 12.8. The number of unbranched alkanes of at least 4 members (excludes halogenated alkanes) is 23. The smallest absolute Gasteiger partial charge is 0.164 e. The number of carbonyl (C=O) groups excluding carboxylic acids is 2. The standard InChI is InChI=1S/C39H76NO3P/c1-5-6-7-8-9-10-11-15-18-21-24-27-30-33-37(41)34-31-28-25-22-19-16-13-12-14-17-20-23-26-29-32-35-38(42)39(43-44)36-40(2,3)4/h12,14,39,44H,5-11,13,15-36H2,1-4H3/b14-12-. The molecular weight excluding hydrogens is 561 g/mol. The van der Waals surface area contributed by atoms with E-state index < -0.39 is 0 Å². The fourth-order valence-corrected chi connectivity index (χ4v) is 6.15. The van der Waals surface area contributed by atoms with E-state index in [2.05, 4.69) is 49.7 Å². The highest BCUT2D eigenvalue weighted by molar-refractivity contribution is 7.09. The number of likely N-dealkylation sites (N-methyl/N-ethyl adjacent to an activating group) is 1. The van der Waals surface area contributed by atoms with E-state index in [1.54, 1.807) is 0 Å². The van der Waals surface area contributed by atoms with E-state index in [0.717, 1.165) is 43.0 Å². The molecule has 0 aliphatic heterocycles. The second-order valence-corrected chi connectivity index (χ2v) is 14.8. The van der Waals surface area contributed by atoms with Gasteiger partial charge in [-0.1, -0.05) is 141 Å². The van der Waals surface area contributed by atoms with Gasteiger partial charge in [-0.2, -0.15) is 0 Å². The van der Waals surface area contributed by atoms with E-state index in [0.29, 0.717) is 18.7 Å². The van der Waals surface area contributed by atoms with E-state index in [1.807, 2.05) is 0 Å². The third kappa shape index (κ3) is 32.8. The van der Waals surface area contributed by atoms with Crippen molar-refractivity contribution in [3.63, 3.8) is 0 Å². The summed E-state index contributed by atoms with van der Waals surface area (Å²) in [5, 5.41) is 0. The second-order valence-electron chi connectivity index (χ2n) is 14.5. The highest BCUT2D eigenvalue weighted by Gasteiger charge is 2.21. The third-order valence-corrected chi connectivity index (χ3v) is 9.10. The molecule has 0 aromatic carbocycles. The Hall–Kier alpha value is -0.570. The minimum atomic E-state index is -0.351. The van der Waals surface area contributed by atoms with Crippen molar-refractivity contribution in [3.8, 4) is 0 Å². The van der Waals surface area contributed by atoms with Crippen molar-refractivity contribution in [2.75, 3.05) is 27.7 Å². The molecule has 1 unspecified atom stereocenters. The zero-order valence-corrected chi connectivity index (χ0v) is 31.1. The molecule has 0 aromatic rings. The molecule has 0 aliphatic carbocycles. The van der Waals surface area contributed by atoms with E-state index in [9.17, 15) is 9.59 Å². The number of allylic oxidation sites excluding steroid dienone is 2. The van der Waals surface area contributed by atoms with E-state index in [1.165, 1.54) is 141 Å². The highest BCUT2D eigenvalue weighted by atomic mass is 31.0. The minimum Gasteiger partial charge on any atom is -0.549 e. The molecule has 0 aliphatic rings. The van der Waals surface area contributed by atoms with Crippen LogP contribution in [0.4, 0.5) is 0 Å². The molecule has 0 fully saturated rings. The van der Waals surface area contributed by atoms with Crippen molar-refractivity contribution in [3.05, 3.63) is 12.2 Å². The number of carbonyl (C=O) groups is 2. The van der Waals surface area contributed by atoms with Gasteiger partial charge in [-0.05, 0) is 44.9 Å². The summed E-state index contributed by atoms with van der Waals surface area (Å²) in [7, 11) is 9.32. The maximum atomic E-state index is 12.3. The van der Waals surface area contributed by atoms with Crippen LogP contribution in [0, 0.1) is 0 Å². The first-order valence-electron chi connectivity index (χ1n) is 19.1. The monoisotopic (exact) mass is 638 g/mol. The van der Waals surface area contributed by atoms with Gasteiger partial charge in [0.1, 0.15) is 18.4 Å². The van der Waals surface area contributed by atoms with Crippen LogP contribution in [0.1, 0.15) is 193 Å². The maximum absolute atomic E-state index is 12.3. The number of Topliss-reactive ketones (excluding diaryl/α,β-unsaturated/α-hetero) is 2. The molecule has 5 heteroatoms. The van der Waals surface area contributed by atoms with Crippen LogP contribution in [-0.4, -0.2) is 49.8 Å². The summed E-state index contributed by atoms with van der Waals surface area (Å²) in [6.45, 7) is 2.97. The van der Waals surface area contributed by atoms with Gasteiger partial charge in [-0.15, -0.1) is 0 Å². The molecule has 0 heterocycles. The lowest BCUT2D eigenvalue weighted by Crippen LogP contribution is -2.44. The zero-order chi connectivity index (χ0) is 32.6. The molecular formula is C39H76NO3P. The van der Waals surface area contributed by atoms with Crippen LogP contribution in [0.25, 0.3) is 0 Å². The van der Waals surface area contributed by atoms with Crippen LogP contribution in [-0.2, 0) is 14.1 Å². The summed E-state index contributed by atoms with van der Waals surface area (Å²) in [4.78, 5) is 24.5. The van der Waals surface area contributed by atoms with Crippen LogP contribution in [0.5, 0.6) is 0 Å². The molecule has 0 spiro atoms. The van der Waals surface area contributed by atoms with Crippen LogP contribution in [0.3, 0.4) is 0 Å². The average Bonchev–Trinajstić information content (AvgIpc) is 2.99. The van der Waals surface area contributed by atoms with Gasteiger partial charge in [0, 0.05) is 19.3 Å². The van der Waals surface area contributed by atoms with Gasteiger partial charge in [0.25, 0.3) is 0 Å². The molecule has 0 aromatic heterocycles. The lowest BCUT2D eigenvalue weighted by atomic mass is 10.0. The van der Waals surface area contributed by atoms with Gasteiger partial charge in [-0.25, -0.2) is 0 Å². The van der Waals surface area contributed by atoms with Crippen LogP contribution < -0.4 is 0 Å². The third-order valence-electron chi connectivity index (χ3n) is 8.81. The van der Waals surface area contributed by atoms with Gasteiger partial charge in [-0.3, -0.25) is 9.59 Å². The number of quaternary nitrogens is 1. The Bertz CT molecular complexity index is 673. The van der Waals surface area contributed by atoms with Crippen LogP contribution in [0.2, 0.25) is 0 Å². The molecule has 0 saturated carbocycles. The van der Waals surface area contributed by atoms with E-state index in [-0.39, 0.29) is 11.9 Å². The number of hydrogen-bond acceptors (Lipinski definition) is 3. The van der Waals surface area contributed by atoms with Crippen molar-refractivity contribution in [2.24, 2.45) is 0 Å². The van der Waals surface area contributed by atoms with Gasteiger partial charge in [0.05, 0.1) is 21.1 Å². The molecule has 0 radical (unpaired) electrons. The molecule has 0 rings (SSSR count). The molecule has 0 N–H and O–H groups in total. The summed E-state index contributed by atoms with van der Waals surface area (Å²) >= 11 is 0. The number of rotatable bonds is 35. The van der Waals surface area contributed by atoms with Gasteiger partial charge < -0.3 is 18.5 Å². The summed E-state index contributed by atoms with van der Waals surface area (Å²) in [5.74, 6) is 0.708. The fourth-order valence-electron chi connectivity index (χ4n) is 5.95. The first-order chi connectivity index (χ1) is 21.3. The summed E-state index contributed by atoms with van der Waals surface area (Å²) in [5.41, 5.74) is 0. The van der Waals surface area contributed by atoms with Gasteiger partial charge >= 0.3 is 0 Å². The molecule has 44 heavy (non-hydrogen) atoms. The summed E-state index contributed by atoms with van der Waals surface area (Å²) in [6, 6.07) is 0. The molecule has 0 bridgehead atoms. The SMILES string of the molecule is CCCCCCCCCCCCCCCC(=O)CCCCCCCC/C=C\CCCCCCCC(=O)C(C[N+](C)(C)C)O[PH-]. The van der Waals surface area contributed by atoms with Crippen molar-refractivity contribution in [1.29, 1.82) is 0 Å². The lowest BCUT2D eigenvalue weighted by molar-refractivity contribution is -0.872. The van der Waals surface area contributed by atoms with Crippen molar-refractivity contribution < 1.29 is 18.6 Å². The van der Waals surface area contributed by atoms with Crippen molar-refractivity contribution >= 4 is 21.0 Å². The number of nitrogens with zero attached hydrogens (tertiary/aromatic N) is 1. The number of ketones is 2. The first-order valence-corrected chi connectivity index (χ1v) is 19.5. The van der Waals surface area contributed by atoms with Crippen LogP contribution >= 0.6 is 9.47 Å². The van der Waals surface area contributed by atoms with E-state index >= 15 is 0 Å². The summed E-state index contributed by atoms with van der Waals surface area (Å²) in [6.07, 6.45) is 40.0. The largest absolute Gasteiger partial charge is 0.549 e. The first kappa shape index (κ1) is 43.4. The zero-order valence-electron chi connectivity index (χ0n) is 30.1. The Labute approximate surface area is 278 Å². The quantitative estimate of drug-likeness (QED) is 0.0300. The molecule has 0 saturated heterocycles. The Morgan fingerprint density at radius 2 is 0.886 bits per heavy atom. The summed E-state index contributed by atoms with van der Waals surface area (Å²) < 4.78 is 5.95. The second kappa shape index (κ2) is 32.4. The Morgan fingerprint density at radius 3 is 1.25 bits per heavy atom. The minimum absolute atomic E-state index is 0.210. The lowest BCUT2D eigenvalue weighted by Gasteiger charge is -2.30. The van der Waals surface area contributed by atoms with Crippen molar-refractivity contribution in [2.45, 2.75) is 199 Å². The van der Waals surface area contributed by atoms with Crippen LogP contribution in [0.15, 0.2) is 12.2 Å². The Morgan fingerprint density at radius 1 is 0.545 bits per heavy atom. The highest BCUT2D eigenvalue weighted by Crippen LogP contribution is 2.15. The molecule has 4 nitrogen and oxygen atoms in total. The predicted molar refractivity (Wildman–Crippen MR) is 195 cm³/mol. The Kier molecular flexibility index (Phi) is 32.0. The van der Waals surface area contributed by atoms with Gasteiger partial charge in [0.2, 0.25) is 0 Å². The Balaban J connectivity index is 3.36. The predicted octanol–water partition coefficient (Wildman–Crippen LogP) is 12.2. The average molecular weight is 638 g/mol. The fraction of sp³-hybridized carbons (Fsp3) is 0.897. The molecule has 0 amide bonds. The topological polar surface area (TPSA) is 43.4 Å². The van der Waals surface area contributed by atoms with Crippen molar-refractivity contribution in [1.82, 2.24) is 0 Å². The number of hydrogen-bond donors (Lipinski definition) is 0. The maximum Gasteiger partial charge on any atom is 0.164 e. The van der Waals surface area contributed by atoms with E-state index in [4.69, 9.17) is 4.52 Å². The molecule has 260 valence electrons.